The van der Waals surface area contributed by atoms with E-state index in [2.05, 4.69) is 9.46 Å². The molecule has 0 amide bonds. The summed E-state index contributed by atoms with van der Waals surface area (Å²) in [5.74, 6) is -0.643. The number of benzene rings is 2. The highest BCUT2D eigenvalue weighted by molar-refractivity contribution is 7.92. The van der Waals surface area contributed by atoms with Gasteiger partial charge in [-0.15, -0.1) is 0 Å². The van der Waals surface area contributed by atoms with E-state index in [1.807, 2.05) is 0 Å². The molecule has 3 rings (SSSR count). The van der Waals surface area contributed by atoms with E-state index in [4.69, 9.17) is 0 Å². The van der Waals surface area contributed by atoms with Gasteiger partial charge in [-0.2, -0.15) is 4.31 Å². The van der Waals surface area contributed by atoms with E-state index in [0.717, 1.165) is 25.7 Å². The van der Waals surface area contributed by atoms with Crippen molar-refractivity contribution in [2.24, 2.45) is 0 Å². The van der Waals surface area contributed by atoms with Crippen molar-refractivity contribution in [2.45, 2.75) is 35.5 Å². The van der Waals surface area contributed by atoms with Crippen LogP contribution in [0.1, 0.15) is 36.0 Å². The van der Waals surface area contributed by atoms with E-state index in [9.17, 15) is 21.6 Å². The molecular formula is C20H24N2O6S2. The Bertz CT molecular complexity index is 1100. The molecule has 0 radical (unpaired) electrons. The molecule has 1 N–H and O–H groups in total. The quantitative estimate of drug-likeness (QED) is 0.675. The largest absolute Gasteiger partial charge is 0.465 e. The summed E-state index contributed by atoms with van der Waals surface area (Å²) in [7, 11) is -6.37. The third-order valence-corrected chi connectivity index (χ3v) is 8.17. The van der Waals surface area contributed by atoms with Crippen molar-refractivity contribution in [3.63, 3.8) is 0 Å². The smallest absolute Gasteiger partial charge is 0.337 e. The maximum Gasteiger partial charge on any atom is 0.337 e. The highest BCUT2D eigenvalue weighted by atomic mass is 32.2. The summed E-state index contributed by atoms with van der Waals surface area (Å²) in [4.78, 5) is 11.7. The van der Waals surface area contributed by atoms with Crippen molar-refractivity contribution in [3.8, 4) is 0 Å². The Kier molecular flexibility index (Phi) is 6.79. The number of nitrogens with zero attached hydrogens (tertiary/aromatic N) is 1. The second kappa shape index (κ2) is 9.15. The number of methoxy groups -OCH3 is 1. The number of hydrogen-bond acceptors (Lipinski definition) is 6. The highest BCUT2D eigenvalue weighted by Gasteiger charge is 2.25. The molecule has 0 bridgehead atoms. The van der Waals surface area contributed by atoms with Crippen molar-refractivity contribution >= 4 is 31.7 Å². The molecule has 2 aromatic rings. The Labute approximate surface area is 177 Å². The topological polar surface area (TPSA) is 110 Å². The first-order valence-corrected chi connectivity index (χ1v) is 12.5. The van der Waals surface area contributed by atoms with Gasteiger partial charge in [0.05, 0.1) is 22.5 Å². The molecule has 0 spiro atoms. The SMILES string of the molecule is COC(=O)c1cccc(S(=O)(=O)Nc2ccc(S(=O)(=O)N3CCCCCC3)cc2)c1. The molecule has 1 aliphatic heterocycles. The van der Waals surface area contributed by atoms with Crippen LogP contribution >= 0.6 is 0 Å². The van der Waals surface area contributed by atoms with E-state index in [1.54, 1.807) is 0 Å². The fraction of sp³-hybridized carbons (Fsp3) is 0.350. The van der Waals surface area contributed by atoms with Crippen LogP contribution in [0.3, 0.4) is 0 Å². The second-order valence-corrected chi connectivity index (χ2v) is 10.6. The summed E-state index contributed by atoms with van der Waals surface area (Å²) in [6.45, 7) is 0.987. The van der Waals surface area contributed by atoms with Crippen molar-refractivity contribution in [1.29, 1.82) is 0 Å². The van der Waals surface area contributed by atoms with E-state index in [1.165, 1.54) is 59.9 Å². The Morgan fingerprint density at radius 3 is 2.13 bits per heavy atom. The Balaban J connectivity index is 1.79. The zero-order chi connectivity index (χ0) is 21.8. The summed E-state index contributed by atoms with van der Waals surface area (Å²) in [5, 5.41) is 0. The molecule has 0 atom stereocenters. The van der Waals surface area contributed by atoms with Gasteiger partial charge in [0.25, 0.3) is 10.0 Å². The van der Waals surface area contributed by atoms with Crippen LogP contribution in [0, 0.1) is 0 Å². The summed E-state index contributed by atoms with van der Waals surface area (Å²) >= 11 is 0. The minimum absolute atomic E-state index is 0.105. The number of carbonyl (C=O) groups excluding carboxylic acids is 1. The number of sulfonamides is 2. The van der Waals surface area contributed by atoms with Crippen molar-refractivity contribution < 1.29 is 26.4 Å². The summed E-state index contributed by atoms with van der Waals surface area (Å²) in [6, 6.07) is 11.1. The summed E-state index contributed by atoms with van der Waals surface area (Å²) < 4.78 is 59.4. The highest BCUT2D eigenvalue weighted by Crippen LogP contribution is 2.23. The number of ether oxygens (including phenoxy) is 1. The fourth-order valence-electron chi connectivity index (χ4n) is 3.25. The van der Waals surface area contributed by atoms with Gasteiger partial charge >= 0.3 is 5.97 Å². The van der Waals surface area contributed by atoms with Gasteiger partial charge in [-0.3, -0.25) is 4.72 Å². The molecule has 0 unspecified atom stereocenters. The van der Waals surface area contributed by atoms with Gasteiger partial charge in [0.2, 0.25) is 10.0 Å². The monoisotopic (exact) mass is 452 g/mol. The number of esters is 1. The van der Waals surface area contributed by atoms with Crippen LogP contribution < -0.4 is 4.72 Å². The Morgan fingerprint density at radius 2 is 1.53 bits per heavy atom. The number of anilines is 1. The fourth-order valence-corrected chi connectivity index (χ4v) is 5.87. The first kappa shape index (κ1) is 22.3. The van der Waals surface area contributed by atoms with Crippen molar-refractivity contribution in [1.82, 2.24) is 4.31 Å². The lowest BCUT2D eigenvalue weighted by molar-refractivity contribution is 0.0600. The second-order valence-electron chi connectivity index (χ2n) is 6.97. The number of carbonyl (C=O) groups is 1. The molecule has 0 aliphatic carbocycles. The van der Waals surface area contributed by atoms with Crippen LogP contribution in [0.5, 0.6) is 0 Å². The normalized spacial score (nSPS) is 15.9. The molecule has 0 saturated carbocycles. The minimum Gasteiger partial charge on any atom is -0.465 e. The molecule has 10 heteroatoms. The van der Waals surface area contributed by atoms with Crippen LogP contribution in [0.15, 0.2) is 58.3 Å². The van der Waals surface area contributed by atoms with Crippen molar-refractivity contribution in [3.05, 3.63) is 54.1 Å². The van der Waals surface area contributed by atoms with E-state index in [0.29, 0.717) is 13.1 Å². The molecule has 0 aromatic heterocycles. The van der Waals surface area contributed by atoms with Crippen LogP contribution in [0.2, 0.25) is 0 Å². The van der Waals surface area contributed by atoms with Gasteiger partial charge in [-0.05, 0) is 55.3 Å². The molecule has 1 heterocycles. The van der Waals surface area contributed by atoms with Gasteiger partial charge in [0, 0.05) is 18.8 Å². The average Bonchev–Trinajstić information content (AvgIpc) is 3.03. The standard InChI is InChI=1S/C20H24N2O6S2/c1-28-20(23)16-7-6-8-19(15-16)29(24,25)21-17-9-11-18(12-10-17)30(26,27)22-13-4-2-3-5-14-22/h6-12,15,21H,2-5,13-14H2,1H3. The van der Waals surface area contributed by atoms with Crippen LogP contribution in [-0.2, 0) is 24.8 Å². The van der Waals surface area contributed by atoms with Gasteiger partial charge in [-0.1, -0.05) is 18.9 Å². The van der Waals surface area contributed by atoms with Crippen LogP contribution in [0.25, 0.3) is 0 Å². The number of hydrogen-bond donors (Lipinski definition) is 1. The predicted octanol–water partition coefficient (Wildman–Crippen LogP) is 2.84. The van der Waals surface area contributed by atoms with E-state index in [-0.39, 0.29) is 21.0 Å². The first-order valence-electron chi connectivity index (χ1n) is 9.55. The average molecular weight is 453 g/mol. The molecule has 30 heavy (non-hydrogen) atoms. The molecular weight excluding hydrogens is 428 g/mol. The first-order chi connectivity index (χ1) is 14.2. The van der Waals surface area contributed by atoms with Gasteiger partial charge in [0.15, 0.2) is 0 Å². The Morgan fingerprint density at radius 1 is 0.900 bits per heavy atom. The maximum atomic E-state index is 12.8. The lowest BCUT2D eigenvalue weighted by Gasteiger charge is -2.20. The maximum absolute atomic E-state index is 12.8. The number of nitrogens with one attached hydrogen (secondary N) is 1. The van der Waals surface area contributed by atoms with Gasteiger partial charge in [0.1, 0.15) is 0 Å². The summed E-state index contributed by atoms with van der Waals surface area (Å²) in [5.41, 5.74) is 0.326. The molecule has 162 valence electrons. The molecule has 2 aromatic carbocycles. The third-order valence-electron chi connectivity index (χ3n) is 4.87. The van der Waals surface area contributed by atoms with Gasteiger partial charge < -0.3 is 4.74 Å². The minimum atomic E-state index is -3.97. The lowest BCUT2D eigenvalue weighted by Crippen LogP contribution is -2.31. The predicted molar refractivity (Wildman–Crippen MR) is 112 cm³/mol. The lowest BCUT2D eigenvalue weighted by atomic mass is 10.2. The third kappa shape index (κ3) is 5.00. The summed E-state index contributed by atoms with van der Waals surface area (Å²) in [6.07, 6.45) is 3.71. The van der Waals surface area contributed by atoms with Gasteiger partial charge in [-0.25, -0.2) is 21.6 Å². The number of rotatable bonds is 6. The zero-order valence-corrected chi connectivity index (χ0v) is 18.2. The Hall–Kier alpha value is -2.43. The molecule has 8 nitrogen and oxygen atoms in total. The van der Waals surface area contributed by atoms with Crippen molar-refractivity contribution in [2.75, 3.05) is 24.9 Å². The van der Waals surface area contributed by atoms with E-state index >= 15 is 0 Å². The van der Waals surface area contributed by atoms with Crippen LogP contribution in [-0.4, -0.2) is 47.3 Å². The molecule has 1 fully saturated rings. The molecule has 1 saturated heterocycles. The zero-order valence-electron chi connectivity index (χ0n) is 16.6. The van der Waals surface area contributed by atoms with E-state index < -0.39 is 26.0 Å². The molecule has 1 aliphatic rings. The van der Waals surface area contributed by atoms with Crippen LogP contribution in [0.4, 0.5) is 5.69 Å².